The molecule has 4 amide bonds. The Morgan fingerprint density at radius 3 is 2.46 bits per heavy atom. The van der Waals surface area contributed by atoms with Crippen LogP contribution in [0.1, 0.15) is 76.1 Å². The predicted octanol–water partition coefficient (Wildman–Crippen LogP) is 4.49. The Labute approximate surface area is 343 Å². The van der Waals surface area contributed by atoms with Gasteiger partial charge in [0.15, 0.2) is 0 Å². The zero-order valence-electron chi connectivity index (χ0n) is 33.2. The number of piperazine rings is 1. The zero-order chi connectivity index (χ0) is 40.6. The second-order valence-electron chi connectivity index (χ2n) is 16.0. The summed E-state index contributed by atoms with van der Waals surface area (Å²) in [5.74, 6) is 0.693. The fraction of sp³-hybridized carbons (Fsp3) is 0.386. The Bertz CT molecular complexity index is 2300. The van der Waals surface area contributed by atoms with Gasteiger partial charge >= 0.3 is 0 Å². The molecule has 0 saturated carbocycles. The number of hydrogen-bond donors (Lipinski definition) is 4. The van der Waals surface area contributed by atoms with Crippen LogP contribution in [0.5, 0.6) is 0 Å². The van der Waals surface area contributed by atoms with E-state index in [1.54, 1.807) is 11.0 Å². The Kier molecular flexibility index (Phi) is 10.4. The third-order valence-corrected chi connectivity index (χ3v) is 12.4. The number of hydrogen-bond acceptors (Lipinski definition) is 12. The summed E-state index contributed by atoms with van der Waals surface area (Å²) in [6, 6.07) is 18.1. The first-order chi connectivity index (χ1) is 28.7. The maximum Gasteiger partial charge on any atom is 0.256 e. The molecule has 5 aliphatic rings. The van der Waals surface area contributed by atoms with Gasteiger partial charge in [-0.15, -0.1) is 6.58 Å². The Morgan fingerprint density at radius 1 is 0.898 bits per heavy atom. The number of imide groups is 1. The van der Waals surface area contributed by atoms with Gasteiger partial charge in [0.1, 0.15) is 23.2 Å². The maximum absolute atomic E-state index is 13.1. The summed E-state index contributed by atoms with van der Waals surface area (Å²) in [5, 5.41) is 11.8. The minimum Gasteiger partial charge on any atom is -0.369 e. The lowest BCUT2D eigenvalue weighted by molar-refractivity contribution is -0.136. The lowest BCUT2D eigenvalue weighted by atomic mass is 10.0. The van der Waals surface area contributed by atoms with Crippen LogP contribution in [0.3, 0.4) is 0 Å². The van der Waals surface area contributed by atoms with E-state index in [9.17, 15) is 19.2 Å². The van der Waals surface area contributed by atoms with E-state index in [-0.39, 0.29) is 30.0 Å². The molecule has 0 bridgehead atoms. The van der Waals surface area contributed by atoms with E-state index in [1.807, 2.05) is 30.3 Å². The number of amides is 4. The third kappa shape index (κ3) is 7.69. The van der Waals surface area contributed by atoms with Gasteiger partial charge in [0.25, 0.3) is 11.8 Å². The number of carbonyl (C=O) groups excluding carboxylic acids is 4. The fourth-order valence-corrected chi connectivity index (χ4v) is 8.97. The van der Waals surface area contributed by atoms with Gasteiger partial charge in [-0.3, -0.25) is 29.4 Å². The molecule has 3 fully saturated rings. The molecule has 15 nitrogen and oxygen atoms in total. The Morgan fingerprint density at radius 2 is 1.69 bits per heavy atom. The summed E-state index contributed by atoms with van der Waals surface area (Å²) in [4.78, 5) is 73.3. The van der Waals surface area contributed by atoms with Crippen molar-refractivity contribution in [1.82, 2.24) is 35.4 Å². The number of nitrogens with zero attached hydrogens (tertiary/aromatic N) is 7. The van der Waals surface area contributed by atoms with Crippen LogP contribution < -0.4 is 31.1 Å². The molecule has 2 unspecified atom stereocenters. The molecule has 4 N–H and O–H groups in total. The second kappa shape index (κ2) is 16.1. The first-order valence-corrected chi connectivity index (χ1v) is 20.7. The van der Waals surface area contributed by atoms with E-state index in [0.29, 0.717) is 60.2 Å². The van der Waals surface area contributed by atoms with Gasteiger partial charge in [-0.2, -0.15) is 4.98 Å². The van der Waals surface area contributed by atoms with E-state index >= 15 is 0 Å². The molecule has 59 heavy (non-hydrogen) atoms. The number of rotatable bonds is 12. The van der Waals surface area contributed by atoms with E-state index in [0.717, 1.165) is 86.9 Å². The van der Waals surface area contributed by atoms with Crippen molar-refractivity contribution in [3.63, 3.8) is 0 Å². The van der Waals surface area contributed by atoms with Crippen LogP contribution in [0, 0.1) is 0 Å². The van der Waals surface area contributed by atoms with Gasteiger partial charge in [0, 0.05) is 105 Å². The van der Waals surface area contributed by atoms with Crippen molar-refractivity contribution in [3.8, 4) is 0 Å². The average molecular weight is 796 g/mol. The molecule has 6 heterocycles. The number of carbonyl (C=O) groups is 4. The van der Waals surface area contributed by atoms with E-state index < -0.39 is 6.04 Å². The molecule has 0 radical (unpaired) electrons. The number of fused-ring (bicyclic) bond motifs is 2. The normalized spacial score (nSPS) is 20.5. The molecule has 4 aromatic rings. The molecule has 9 rings (SSSR count). The van der Waals surface area contributed by atoms with Crippen molar-refractivity contribution in [2.45, 2.75) is 63.6 Å². The lowest BCUT2D eigenvalue weighted by Gasteiger charge is -2.49. The van der Waals surface area contributed by atoms with Crippen molar-refractivity contribution >= 4 is 58.3 Å². The van der Waals surface area contributed by atoms with Crippen LogP contribution in [-0.2, 0) is 22.6 Å². The maximum atomic E-state index is 13.1. The summed E-state index contributed by atoms with van der Waals surface area (Å²) >= 11 is 0. The number of benzene rings is 2. The molecule has 0 spiro atoms. The number of anilines is 6. The molecular weight excluding hydrogens is 747 g/mol. The van der Waals surface area contributed by atoms with Crippen LogP contribution in [-0.4, -0.2) is 106 Å². The highest BCUT2D eigenvalue weighted by Crippen LogP contribution is 2.36. The molecular formula is C44H49N11O4. The summed E-state index contributed by atoms with van der Waals surface area (Å²) in [6.45, 7) is 12.2. The molecule has 304 valence electrons. The van der Waals surface area contributed by atoms with Gasteiger partial charge in [-0.05, 0) is 85.3 Å². The number of piperidine rings is 1. The molecule has 2 atom stereocenters. The molecule has 2 aromatic carbocycles. The Hall–Kier alpha value is -6.35. The third-order valence-electron chi connectivity index (χ3n) is 12.4. The fourth-order valence-electron chi connectivity index (χ4n) is 8.97. The molecule has 1 aliphatic carbocycles. The first-order valence-electron chi connectivity index (χ1n) is 20.7. The van der Waals surface area contributed by atoms with Crippen LogP contribution in [0.25, 0.3) is 0 Å². The SMILES string of the molecule is C=CCNC(=O)c1cnc(Nc2ccc(N3CCN(C4CN(c5ccc6c(c5)CN(C5CCC(=O)NC5=O)C6=O)C4)CC3)cc2)nc1Nc1ccc2c(n1)C(CC)CC2. The minimum atomic E-state index is -0.607. The van der Waals surface area contributed by atoms with Crippen LogP contribution in [0.4, 0.5) is 34.6 Å². The number of nitrogens with one attached hydrogen (secondary N) is 4. The number of aryl methyl sites for hydroxylation is 1. The van der Waals surface area contributed by atoms with Crippen molar-refractivity contribution in [2.75, 3.05) is 66.2 Å². The van der Waals surface area contributed by atoms with Crippen molar-refractivity contribution in [3.05, 3.63) is 101 Å². The smallest absolute Gasteiger partial charge is 0.256 e. The highest BCUT2D eigenvalue weighted by molar-refractivity contribution is 6.05. The van der Waals surface area contributed by atoms with Gasteiger partial charge in [-0.1, -0.05) is 19.1 Å². The Balaban J connectivity index is 0.786. The van der Waals surface area contributed by atoms with Gasteiger partial charge in [0.05, 0.1) is 0 Å². The van der Waals surface area contributed by atoms with Crippen molar-refractivity contribution in [1.29, 1.82) is 0 Å². The van der Waals surface area contributed by atoms with Crippen LogP contribution >= 0.6 is 0 Å². The summed E-state index contributed by atoms with van der Waals surface area (Å²) in [7, 11) is 0. The van der Waals surface area contributed by atoms with E-state index in [2.05, 4.69) is 78.7 Å². The van der Waals surface area contributed by atoms with Crippen molar-refractivity contribution in [2.24, 2.45) is 0 Å². The highest BCUT2D eigenvalue weighted by atomic mass is 16.2. The lowest BCUT2D eigenvalue weighted by Crippen LogP contribution is -2.63. The average Bonchev–Trinajstić information content (AvgIpc) is 3.79. The zero-order valence-corrected chi connectivity index (χ0v) is 33.2. The van der Waals surface area contributed by atoms with E-state index in [4.69, 9.17) is 9.97 Å². The molecule has 4 aliphatic heterocycles. The first kappa shape index (κ1) is 38.2. The summed E-state index contributed by atoms with van der Waals surface area (Å²) in [5.41, 5.74) is 7.36. The van der Waals surface area contributed by atoms with Crippen molar-refractivity contribution < 1.29 is 19.2 Å². The predicted molar refractivity (Wildman–Crippen MR) is 225 cm³/mol. The summed E-state index contributed by atoms with van der Waals surface area (Å²) in [6.07, 6.45) is 6.95. The second-order valence-corrected chi connectivity index (χ2v) is 16.0. The number of aromatic nitrogens is 3. The van der Waals surface area contributed by atoms with Crippen LogP contribution in [0.2, 0.25) is 0 Å². The quantitative estimate of drug-likeness (QED) is 0.117. The summed E-state index contributed by atoms with van der Waals surface area (Å²) < 4.78 is 0. The van der Waals surface area contributed by atoms with Gasteiger partial charge < -0.3 is 30.7 Å². The van der Waals surface area contributed by atoms with Gasteiger partial charge in [-0.25, -0.2) is 9.97 Å². The molecule has 15 heteroatoms. The molecule has 2 aromatic heterocycles. The van der Waals surface area contributed by atoms with E-state index in [1.165, 1.54) is 11.8 Å². The largest absolute Gasteiger partial charge is 0.369 e. The molecule has 3 saturated heterocycles. The topological polar surface area (TPSA) is 168 Å². The monoisotopic (exact) mass is 795 g/mol. The minimum absolute atomic E-state index is 0.145. The highest BCUT2D eigenvalue weighted by Gasteiger charge is 2.40. The van der Waals surface area contributed by atoms with Gasteiger partial charge in [0.2, 0.25) is 17.8 Å². The standard InChI is InChI=1S/C44H49N11O4/c1-3-17-45-41(57)35-23-46-44(51-40(35)49-37-15-7-28-6-5-27(4-2)39(28)48-37)47-30-8-10-31(11-9-30)52-18-20-53(21-19-52)33-25-54(26-33)32-12-13-34-29(22-32)24-55(43(34)59)36-14-16-38(56)50-42(36)58/h3,7-13,15,22-23,27,33,36H,1,4-6,14,16-21,24-26H2,2H3,(H,45,57)(H,50,56,58)(H2,46,47,48,49,51). The number of pyridine rings is 1. The van der Waals surface area contributed by atoms with Crippen LogP contribution in [0.15, 0.2) is 73.4 Å².